The number of aromatic nitrogens is 2. The highest BCUT2D eigenvalue weighted by molar-refractivity contribution is 5.81. The zero-order chi connectivity index (χ0) is 36.4. The molecule has 0 N–H and O–H groups in total. The number of carbonyl (C=O) groups excluding carboxylic acids is 2. The van der Waals surface area contributed by atoms with E-state index in [-0.39, 0.29) is 13.2 Å². The summed E-state index contributed by atoms with van der Waals surface area (Å²) < 4.78 is 45.0. The number of hydrogen-bond acceptors (Lipinski definition) is 12. The van der Waals surface area contributed by atoms with E-state index >= 15 is 0 Å². The topological polar surface area (TPSA) is 134 Å². The maximum atomic E-state index is 11.1. The van der Waals surface area contributed by atoms with Gasteiger partial charge < -0.3 is 37.9 Å². The molecule has 0 radical (unpaired) electrons. The third-order valence-corrected chi connectivity index (χ3v) is 7.61. The predicted octanol–water partition coefficient (Wildman–Crippen LogP) is 6.24. The smallest absolute Gasteiger partial charge is 0.330 e. The number of nitrogens with zero attached hydrogens (tertiary/aromatic N) is 2. The Balaban J connectivity index is 1.03. The third kappa shape index (κ3) is 12.1. The Bertz CT molecular complexity index is 1580. The van der Waals surface area contributed by atoms with Gasteiger partial charge in [-0.15, -0.1) is 0 Å². The molecule has 12 nitrogen and oxygen atoms in total. The van der Waals surface area contributed by atoms with Crippen LogP contribution >= 0.6 is 0 Å². The molecular weight excluding hydrogens is 668 g/mol. The summed E-state index contributed by atoms with van der Waals surface area (Å²) in [6.07, 6.45) is 5.39. The van der Waals surface area contributed by atoms with Crippen LogP contribution in [0.4, 0.5) is 0 Å². The first kappa shape index (κ1) is 37.8. The van der Waals surface area contributed by atoms with Crippen molar-refractivity contribution in [1.82, 2.24) is 9.97 Å². The monoisotopic (exact) mass is 710 g/mol. The van der Waals surface area contributed by atoms with Crippen molar-refractivity contribution in [3.05, 3.63) is 122 Å². The van der Waals surface area contributed by atoms with Gasteiger partial charge in [-0.1, -0.05) is 61.7 Å². The Hall–Kier alpha value is -5.40. The van der Waals surface area contributed by atoms with Crippen LogP contribution in [0.25, 0.3) is 22.5 Å². The van der Waals surface area contributed by atoms with E-state index in [0.717, 1.165) is 45.8 Å². The van der Waals surface area contributed by atoms with Gasteiger partial charge in [0.25, 0.3) is 0 Å². The van der Waals surface area contributed by atoms with E-state index in [2.05, 4.69) is 23.1 Å². The fourth-order valence-corrected chi connectivity index (χ4v) is 4.87. The van der Waals surface area contributed by atoms with Crippen molar-refractivity contribution in [2.75, 3.05) is 39.6 Å². The second kappa shape index (κ2) is 20.4. The second-order valence-corrected chi connectivity index (χ2v) is 11.4. The molecule has 0 bridgehead atoms. The summed E-state index contributed by atoms with van der Waals surface area (Å²) in [6.45, 7) is 9.53. The van der Waals surface area contributed by atoms with Crippen LogP contribution in [0.3, 0.4) is 0 Å². The summed E-state index contributed by atoms with van der Waals surface area (Å²) in [4.78, 5) is 31.2. The molecule has 0 amide bonds. The summed E-state index contributed by atoms with van der Waals surface area (Å²) in [6, 6.07) is 23.4. The quantitative estimate of drug-likeness (QED) is 0.0584. The van der Waals surface area contributed by atoms with Gasteiger partial charge in [0.2, 0.25) is 12.6 Å². The molecule has 1 aliphatic rings. The average molecular weight is 711 g/mol. The van der Waals surface area contributed by atoms with Crippen LogP contribution < -0.4 is 9.47 Å². The first-order chi connectivity index (χ1) is 25.5. The Morgan fingerprint density at radius 2 is 1.04 bits per heavy atom. The third-order valence-electron chi connectivity index (χ3n) is 7.61. The molecule has 0 aliphatic carbocycles. The van der Waals surface area contributed by atoms with Crippen molar-refractivity contribution >= 4 is 11.9 Å². The van der Waals surface area contributed by atoms with Gasteiger partial charge in [0.05, 0.1) is 76.6 Å². The van der Waals surface area contributed by atoms with Gasteiger partial charge in [0, 0.05) is 36.1 Å². The zero-order valence-corrected chi connectivity index (χ0v) is 28.9. The minimum Gasteiger partial charge on any atom is -0.492 e. The number of hydrogen-bond donors (Lipinski definition) is 0. The lowest BCUT2D eigenvalue weighted by molar-refractivity contribution is -0.326. The Morgan fingerprint density at radius 1 is 0.615 bits per heavy atom. The molecule has 2 atom stereocenters. The molecule has 4 aromatic rings. The van der Waals surface area contributed by atoms with Crippen molar-refractivity contribution < 1.29 is 47.5 Å². The van der Waals surface area contributed by atoms with Gasteiger partial charge in [0.1, 0.15) is 11.5 Å². The number of benzene rings is 2. The summed E-state index contributed by atoms with van der Waals surface area (Å²) >= 11 is 0. The molecule has 12 heteroatoms. The Morgan fingerprint density at radius 3 is 1.40 bits per heavy atom. The van der Waals surface area contributed by atoms with E-state index in [9.17, 15) is 9.59 Å². The van der Waals surface area contributed by atoms with Crippen molar-refractivity contribution in [2.24, 2.45) is 0 Å². The molecule has 272 valence electrons. The molecule has 2 aromatic carbocycles. The number of pyridine rings is 2. The van der Waals surface area contributed by atoms with E-state index in [1.54, 1.807) is 12.4 Å². The highest BCUT2D eigenvalue weighted by Crippen LogP contribution is 2.24. The standard InChI is InChI=1S/C40H42N2O10/c1-3-37(43)47-21-5-19-45-33-15-17-35(41-25-33)31-11-7-29(8-12-31)27-51-39-40(50-24-23-49-39)52-28-30-9-13-32(14-10-30)36-18-16-34(26-42-36)46-20-6-22-48-38(44)4-2/h3-4,7-18,25-26,39-40H,1-2,5-6,19-24,27-28H2/t39-,40-/m1/s1. The lowest BCUT2D eigenvalue weighted by Crippen LogP contribution is -2.41. The summed E-state index contributed by atoms with van der Waals surface area (Å²) in [5, 5.41) is 0. The first-order valence-corrected chi connectivity index (χ1v) is 16.9. The Kier molecular flexibility index (Phi) is 14.9. The number of ether oxygens (including phenoxy) is 8. The maximum absolute atomic E-state index is 11.1. The van der Waals surface area contributed by atoms with Crippen LogP contribution in [-0.4, -0.2) is 74.1 Å². The molecular formula is C40H42N2O10. The van der Waals surface area contributed by atoms with Crippen LogP contribution in [0, 0.1) is 0 Å². The summed E-state index contributed by atoms with van der Waals surface area (Å²) in [5.74, 6) is 0.384. The van der Waals surface area contributed by atoms with Crippen LogP contribution in [0.5, 0.6) is 11.5 Å². The summed E-state index contributed by atoms with van der Waals surface area (Å²) in [7, 11) is 0. The van der Waals surface area contributed by atoms with Crippen LogP contribution in [0.15, 0.2) is 111 Å². The normalized spacial score (nSPS) is 15.3. The second-order valence-electron chi connectivity index (χ2n) is 11.4. The maximum Gasteiger partial charge on any atom is 0.330 e. The average Bonchev–Trinajstić information content (AvgIpc) is 3.20. The van der Waals surface area contributed by atoms with E-state index in [1.165, 1.54) is 0 Å². The van der Waals surface area contributed by atoms with Crippen LogP contribution in [0.1, 0.15) is 24.0 Å². The van der Waals surface area contributed by atoms with Gasteiger partial charge >= 0.3 is 11.9 Å². The number of carbonyl (C=O) groups is 2. The molecule has 1 aliphatic heterocycles. The van der Waals surface area contributed by atoms with Crippen LogP contribution in [-0.2, 0) is 51.2 Å². The van der Waals surface area contributed by atoms with Crippen molar-refractivity contribution in [1.29, 1.82) is 0 Å². The molecule has 52 heavy (non-hydrogen) atoms. The van der Waals surface area contributed by atoms with E-state index in [4.69, 9.17) is 37.9 Å². The SMILES string of the molecule is C=CC(=O)OCCCOc1ccc(-c2ccc(CO[C@H]3OCCO[C@@H]3OCc3ccc(-c4ccc(OCCCOC(=O)C=C)cn4)cc3)cc2)nc1. The van der Waals surface area contributed by atoms with E-state index < -0.39 is 24.5 Å². The highest BCUT2D eigenvalue weighted by Gasteiger charge is 2.28. The largest absolute Gasteiger partial charge is 0.492 e. The molecule has 0 unspecified atom stereocenters. The molecule has 1 saturated heterocycles. The molecule has 0 saturated carbocycles. The fraction of sp³-hybridized carbons (Fsp3) is 0.300. The minimum atomic E-state index is -0.678. The lowest BCUT2D eigenvalue weighted by atomic mass is 10.1. The fourth-order valence-electron chi connectivity index (χ4n) is 4.87. The predicted molar refractivity (Wildman–Crippen MR) is 191 cm³/mol. The highest BCUT2D eigenvalue weighted by atomic mass is 16.8. The summed E-state index contributed by atoms with van der Waals surface area (Å²) in [5.41, 5.74) is 5.45. The number of esters is 2. The van der Waals surface area contributed by atoms with Crippen molar-refractivity contribution in [2.45, 2.75) is 38.6 Å². The lowest BCUT2D eigenvalue weighted by Gasteiger charge is -2.31. The van der Waals surface area contributed by atoms with Crippen molar-refractivity contribution in [3.63, 3.8) is 0 Å². The zero-order valence-electron chi connectivity index (χ0n) is 28.9. The van der Waals surface area contributed by atoms with E-state index in [0.29, 0.717) is 64.0 Å². The van der Waals surface area contributed by atoms with Gasteiger partial charge in [-0.3, -0.25) is 9.97 Å². The number of rotatable bonds is 20. The van der Waals surface area contributed by atoms with Gasteiger partial charge in [-0.05, 0) is 35.4 Å². The Labute approximate surface area is 302 Å². The first-order valence-electron chi connectivity index (χ1n) is 16.9. The molecule has 1 fully saturated rings. The van der Waals surface area contributed by atoms with Gasteiger partial charge in [-0.2, -0.15) is 0 Å². The molecule has 5 rings (SSSR count). The van der Waals surface area contributed by atoms with Gasteiger partial charge in [0.15, 0.2) is 0 Å². The molecule has 0 spiro atoms. The van der Waals surface area contributed by atoms with Crippen LogP contribution in [0.2, 0.25) is 0 Å². The van der Waals surface area contributed by atoms with E-state index in [1.807, 2.05) is 72.8 Å². The van der Waals surface area contributed by atoms with Gasteiger partial charge in [-0.25, -0.2) is 9.59 Å². The minimum absolute atomic E-state index is 0.269. The molecule has 3 heterocycles. The van der Waals surface area contributed by atoms with Crippen molar-refractivity contribution in [3.8, 4) is 34.0 Å². The molecule has 2 aromatic heterocycles.